The van der Waals surface area contributed by atoms with Crippen LogP contribution in [0.5, 0.6) is 0 Å². The molecule has 5 aliphatic rings. The van der Waals surface area contributed by atoms with E-state index in [0.29, 0.717) is 12.8 Å². The van der Waals surface area contributed by atoms with Gasteiger partial charge in [-0.3, -0.25) is 24.0 Å². The normalized spacial score (nSPS) is 29.4. The number of ether oxygens (including phenoxy) is 3. The molecule has 2 aliphatic carbocycles. The van der Waals surface area contributed by atoms with Gasteiger partial charge in [0.1, 0.15) is 29.8 Å². The molecule has 4 fully saturated rings. The SMILES string of the molecule is CN(C)C(=O)C=Cc1ccc(CN2OC3C4OC5(Cc6ccccc6C5)OC4C4CC3(C(=O)NCCC(=O)NCCO)C2C(=O)O4)cc1. The molecule has 13 heteroatoms. The molecule has 6 atom stereocenters. The molecule has 3 saturated heterocycles. The highest BCUT2D eigenvalue weighted by molar-refractivity contribution is 5.94. The second-order valence-electron chi connectivity index (χ2n) is 13.3. The van der Waals surface area contributed by atoms with Crippen LogP contribution in [0, 0.1) is 5.41 Å². The minimum absolute atomic E-state index is 0.00354. The summed E-state index contributed by atoms with van der Waals surface area (Å²) in [5.41, 5.74) is 2.53. The molecule has 0 aromatic heterocycles. The van der Waals surface area contributed by atoms with E-state index < -0.39 is 53.5 Å². The van der Waals surface area contributed by atoms with E-state index in [9.17, 15) is 19.2 Å². The molecule has 3 amide bonds. The number of carbonyl (C=O) groups excluding carboxylic acids is 4. The average Bonchev–Trinajstić information content (AvgIpc) is 3.74. The van der Waals surface area contributed by atoms with Crippen molar-refractivity contribution in [1.82, 2.24) is 20.6 Å². The molecule has 7 rings (SSSR count). The molecule has 3 aliphatic heterocycles. The second-order valence-corrected chi connectivity index (χ2v) is 13.3. The van der Waals surface area contributed by atoms with E-state index in [-0.39, 0.29) is 50.9 Å². The van der Waals surface area contributed by atoms with Gasteiger partial charge in [-0.2, -0.15) is 5.06 Å². The van der Waals surface area contributed by atoms with Crippen molar-refractivity contribution in [2.75, 3.05) is 33.8 Å². The van der Waals surface area contributed by atoms with Crippen LogP contribution in [0.3, 0.4) is 0 Å². The molecule has 48 heavy (non-hydrogen) atoms. The maximum absolute atomic E-state index is 14.3. The van der Waals surface area contributed by atoms with Crippen LogP contribution >= 0.6 is 0 Å². The number of hydrogen-bond acceptors (Lipinski definition) is 10. The van der Waals surface area contributed by atoms with Crippen molar-refractivity contribution in [2.24, 2.45) is 5.41 Å². The number of carbonyl (C=O) groups is 4. The summed E-state index contributed by atoms with van der Waals surface area (Å²) in [5, 5.41) is 16.0. The van der Waals surface area contributed by atoms with Crippen molar-refractivity contribution in [3.63, 3.8) is 0 Å². The third kappa shape index (κ3) is 5.69. The van der Waals surface area contributed by atoms with E-state index in [0.717, 1.165) is 22.3 Å². The number of nitrogens with one attached hydrogen (secondary N) is 2. The quantitative estimate of drug-likeness (QED) is 0.242. The molecule has 13 nitrogen and oxygen atoms in total. The van der Waals surface area contributed by atoms with Gasteiger partial charge in [-0.25, -0.2) is 0 Å². The van der Waals surface area contributed by atoms with E-state index in [4.69, 9.17) is 24.2 Å². The lowest BCUT2D eigenvalue weighted by atomic mass is 9.62. The Kier molecular flexibility index (Phi) is 8.58. The van der Waals surface area contributed by atoms with Gasteiger partial charge in [-0.15, -0.1) is 0 Å². The van der Waals surface area contributed by atoms with Crippen LogP contribution in [-0.2, 0) is 57.6 Å². The lowest BCUT2D eigenvalue weighted by molar-refractivity contribution is -0.217. The van der Waals surface area contributed by atoms with Crippen molar-refractivity contribution in [3.8, 4) is 0 Å². The lowest BCUT2D eigenvalue weighted by Gasteiger charge is -2.48. The van der Waals surface area contributed by atoms with Crippen LogP contribution in [0.2, 0.25) is 0 Å². The molecule has 3 heterocycles. The first-order valence-corrected chi connectivity index (χ1v) is 16.3. The van der Waals surface area contributed by atoms with Gasteiger partial charge < -0.3 is 34.9 Å². The molecule has 1 saturated carbocycles. The molecule has 6 unspecified atom stereocenters. The molecule has 2 aromatic carbocycles. The Morgan fingerprint density at radius 1 is 1.00 bits per heavy atom. The fourth-order valence-corrected chi connectivity index (χ4v) is 7.73. The largest absolute Gasteiger partial charge is 0.458 e. The molecular weight excluding hydrogens is 620 g/mol. The standard InChI is InChI=1S/C35H40N4O9/c1-38(2)27(42)12-11-21-7-9-22(10-8-21)20-39-30-32(43)45-25-19-35(30,33(44)37-14-13-26(41)36-15-16-40)31(48-39)29-28(25)46-34(47-29)17-23-5-3-4-6-24(23)18-34/h3-12,25,28-31,40H,13-20H2,1-2H3,(H,36,41)(H,37,44). The van der Waals surface area contributed by atoms with Crippen LogP contribution in [0.15, 0.2) is 54.6 Å². The Bertz CT molecular complexity index is 1600. The zero-order chi connectivity index (χ0) is 33.6. The number of rotatable bonds is 10. The fraction of sp³-hybridized carbons (Fsp3) is 0.486. The van der Waals surface area contributed by atoms with Gasteiger partial charge in [0.05, 0.1) is 13.2 Å². The molecule has 2 bridgehead atoms. The van der Waals surface area contributed by atoms with Crippen molar-refractivity contribution < 1.29 is 43.3 Å². The number of aliphatic hydroxyl groups excluding tert-OH is 1. The van der Waals surface area contributed by atoms with Crippen LogP contribution in [0.1, 0.15) is 35.1 Å². The predicted octanol–water partition coefficient (Wildman–Crippen LogP) is 0.482. The van der Waals surface area contributed by atoms with Crippen molar-refractivity contribution in [1.29, 1.82) is 0 Å². The monoisotopic (exact) mass is 660 g/mol. The smallest absolute Gasteiger partial charge is 0.327 e. The Morgan fingerprint density at radius 2 is 1.71 bits per heavy atom. The number of fused-ring (bicyclic) bond motifs is 5. The highest BCUT2D eigenvalue weighted by Gasteiger charge is 2.76. The van der Waals surface area contributed by atoms with Crippen LogP contribution < -0.4 is 10.6 Å². The van der Waals surface area contributed by atoms with Gasteiger partial charge >= 0.3 is 5.97 Å². The molecule has 254 valence electrons. The first-order valence-electron chi connectivity index (χ1n) is 16.3. The summed E-state index contributed by atoms with van der Waals surface area (Å²) in [6, 6.07) is 14.5. The van der Waals surface area contributed by atoms with E-state index in [2.05, 4.69) is 10.6 Å². The number of aliphatic hydroxyl groups is 1. The molecule has 2 aromatic rings. The summed E-state index contributed by atoms with van der Waals surface area (Å²) in [5.74, 6) is -2.40. The molecule has 3 N–H and O–H groups in total. The zero-order valence-electron chi connectivity index (χ0n) is 26.9. The van der Waals surface area contributed by atoms with Crippen LogP contribution in [-0.4, -0.2) is 109 Å². The molecular formula is C35H40N4O9. The summed E-state index contributed by atoms with van der Waals surface area (Å²) < 4.78 is 19.4. The Balaban J connectivity index is 1.16. The van der Waals surface area contributed by atoms with E-state index in [1.807, 2.05) is 48.5 Å². The number of esters is 1. The third-order valence-corrected chi connectivity index (χ3v) is 9.96. The average molecular weight is 661 g/mol. The maximum atomic E-state index is 14.3. The summed E-state index contributed by atoms with van der Waals surface area (Å²) in [6.45, 7) is 0.144. The Labute approximate surface area is 278 Å². The van der Waals surface area contributed by atoms with Crippen molar-refractivity contribution in [3.05, 3.63) is 76.9 Å². The molecule has 1 spiro atoms. The zero-order valence-corrected chi connectivity index (χ0v) is 26.9. The summed E-state index contributed by atoms with van der Waals surface area (Å²) in [6.07, 6.45) is 1.54. The minimum Gasteiger partial charge on any atom is -0.458 e. The number of hydrogen-bond donors (Lipinski definition) is 3. The van der Waals surface area contributed by atoms with Crippen molar-refractivity contribution in [2.45, 2.75) is 68.5 Å². The van der Waals surface area contributed by atoms with Gasteiger partial charge in [0.25, 0.3) is 0 Å². The number of amides is 3. The number of benzene rings is 2. The summed E-state index contributed by atoms with van der Waals surface area (Å²) in [4.78, 5) is 60.4. The molecule has 0 radical (unpaired) electrons. The fourth-order valence-electron chi connectivity index (χ4n) is 7.73. The van der Waals surface area contributed by atoms with Gasteiger partial charge in [0.2, 0.25) is 17.7 Å². The van der Waals surface area contributed by atoms with Gasteiger partial charge in [-0.1, -0.05) is 48.5 Å². The number of likely N-dealkylation sites (N-methyl/N-ethyl adjacent to an activating group) is 1. The van der Waals surface area contributed by atoms with Gasteiger partial charge in [0.15, 0.2) is 11.8 Å². The van der Waals surface area contributed by atoms with Crippen LogP contribution in [0.4, 0.5) is 0 Å². The van der Waals surface area contributed by atoms with E-state index in [1.165, 1.54) is 16.0 Å². The third-order valence-electron chi connectivity index (χ3n) is 9.96. The Morgan fingerprint density at radius 3 is 2.40 bits per heavy atom. The first kappa shape index (κ1) is 32.4. The highest BCUT2D eigenvalue weighted by atomic mass is 16.8. The second kappa shape index (κ2) is 12.7. The topological polar surface area (TPSA) is 156 Å². The number of nitrogens with zero attached hydrogens (tertiary/aromatic N) is 2. The van der Waals surface area contributed by atoms with Crippen LogP contribution in [0.25, 0.3) is 6.08 Å². The van der Waals surface area contributed by atoms with Crippen molar-refractivity contribution >= 4 is 29.8 Å². The van der Waals surface area contributed by atoms with Gasteiger partial charge in [-0.05, 0) is 28.3 Å². The highest BCUT2D eigenvalue weighted by Crippen LogP contribution is 2.58. The van der Waals surface area contributed by atoms with E-state index >= 15 is 0 Å². The minimum atomic E-state index is -1.36. The van der Waals surface area contributed by atoms with E-state index in [1.54, 1.807) is 20.2 Å². The summed E-state index contributed by atoms with van der Waals surface area (Å²) >= 11 is 0. The first-order chi connectivity index (χ1) is 23.1. The Hall–Kier alpha value is -4.14. The summed E-state index contributed by atoms with van der Waals surface area (Å²) in [7, 11) is 3.37. The predicted molar refractivity (Wildman–Crippen MR) is 169 cm³/mol. The maximum Gasteiger partial charge on any atom is 0.327 e. The number of hydroxylamine groups is 2. The lowest BCUT2D eigenvalue weighted by Crippen LogP contribution is -2.69. The van der Waals surface area contributed by atoms with Gasteiger partial charge in [0, 0.05) is 58.9 Å².